The van der Waals surface area contributed by atoms with Crippen LogP contribution in [0, 0.1) is 0 Å². The number of hydrogen-bond donors (Lipinski definition) is 0. The molecule has 0 aliphatic rings. The Hall–Kier alpha value is -3.94. The van der Waals surface area contributed by atoms with Gasteiger partial charge in [-0.1, -0.05) is 55.1 Å². The van der Waals surface area contributed by atoms with E-state index in [0.717, 1.165) is 28.3 Å². The molecule has 0 atom stereocenters. The van der Waals surface area contributed by atoms with Gasteiger partial charge in [-0.15, -0.1) is 0 Å². The molecule has 0 aromatic heterocycles. The van der Waals surface area contributed by atoms with Gasteiger partial charge in [-0.05, 0) is 47.9 Å². The van der Waals surface area contributed by atoms with Crippen LogP contribution in [-0.4, -0.2) is 44.4 Å². The smallest absolute Gasteiger partial charge is 0.333 e. The summed E-state index contributed by atoms with van der Waals surface area (Å²) >= 11 is 0. The number of benzene rings is 2. The van der Waals surface area contributed by atoms with Crippen molar-refractivity contribution in [2.75, 3.05) is 20.5 Å². The fourth-order valence-electron chi connectivity index (χ4n) is 3.46. The Morgan fingerprint density at radius 3 is 1.89 bits per heavy atom. The first-order chi connectivity index (χ1) is 17.4. The van der Waals surface area contributed by atoms with E-state index in [1.165, 1.54) is 7.11 Å². The number of carbonyl (C=O) groups excluding carboxylic acids is 4. The molecule has 0 aliphatic carbocycles. The summed E-state index contributed by atoms with van der Waals surface area (Å²) in [4.78, 5) is 46.6. The average Bonchev–Trinajstić information content (AvgIpc) is 2.88. The largest absolute Gasteiger partial charge is 0.469 e. The molecule has 0 fully saturated rings. The number of esters is 4. The highest BCUT2D eigenvalue weighted by atomic mass is 16.7. The molecule has 0 bridgehead atoms. The van der Waals surface area contributed by atoms with Crippen molar-refractivity contribution in [1.29, 1.82) is 0 Å². The maximum Gasteiger partial charge on any atom is 0.333 e. The summed E-state index contributed by atoms with van der Waals surface area (Å²) in [6.07, 6.45) is 3.96. The monoisotopic (exact) mass is 496 g/mol. The van der Waals surface area contributed by atoms with E-state index in [1.54, 1.807) is 0 Å². The van der Waals surface area contributed by atoms with Crippen molar-refractivity contribution < 1.29 is 38.1 Å². The van der Waals surface area contributed by atoms with Gasteiger partial charge in [0.25, 0.3) is 0 Å². The zero-order valence-corrected chi connectivity index (χ0v) is 20.5. The molecular weight excluding hydrogens is 464 g/mol. The van der Waals surface area contributed by atoms with E-state index < -0.39 is 18.7 Å². The quantitative estimate of drug-likeness (QED) is 0.120. The Kier molecular flexibility index (Phi) is 12.5. The van der Waals surface area contributed by atoms with Crippen molar-refractivity contribution in [1.82, 2.24) is 0 Å². The zero-order chi connectivity index (χ0) is 26.2. The van der Waals surface area contributed by atoms with Gasteiger partial charge in [0.15, 0.2) is 0 Å². The van der Waals surface area contributed by atoms with Gasteiger partial charge in [-0.25, -0.2) is 4.79 Å². The minimum absolute atomic E-state index is 0.144. The van der Waals surface area contributed by atoms with Crippen molar-refractivity contribution in [3.8, 4) is 0 Å². The van der Waals surface area contributed by atoms with Crippen LogP contribution in [0.15, 0.2) is 61.2 Å². The van der Waals surface area contributed by atoms with Gasteiger partial charge in [-0.2, -0.15) is 0 Å². The van der Waals surface area contributed by atoms with Crippen LogP contribution in [0.25, 0.3) is 0 Å². The normalized spacial score (nSPS) is 10.2. The molecule has 36 heavy (non-hydrogen) atoms. The minimum atomic E-state index is -0.657. The number of methoxy groups -OCH3 is 1. The summed E-state index contributed by atoms with van der Waals surface area (Å²) in [6.45, 7) is 3.07. The topological polar surface area (TPSA) is 105 Å². The first-order valence-corrected chi connectivity index (χ1v) is 11.7. The number of rotatable bonds is 15. The molecule has 2 aromatic rings. The second-order valence-corrected chi connectivity index (χ2v) is 7.98. The molecule has 0 amide bonds. The van der Waals surface area contributed by atoms with Crippen LogP contribution in [-0.2, 0) is 57.4 Å². The number of carbonyl (C=O) groups is 4. The molecule has 0 heterocycles. The van der Waals surface area contributed by atoms with Crippen molar-refractivity contribution in [2.45, 2.75) is 44.9 Å². The first kappa shape index (κ1) is 28.3. The van der Waals surface area contributed by atoms with Crippen molar-refractivity contribution >= 4 is 23.9 Å². The lowest BCUT2D eigenvalue weighted by Gasteiger charge is -2.13. The number of ether oxygens (including phenoxy) is 4. The first-order valence-electron chi connectivity index (χ1n) is 11.7. The van der Waals surface area contributed by atoms with Gasteiger partial charge in [-0.3, -0.25) is 14.4 Å². The lowest BCUT2D eigenvalue weighted by molar-refractivity contribution is -0.164. The molecule has 2 aromatic carbocycles. The van der Waals surface area contributed by atoms with Gasteiger partial charge < -0.3 is 18.9 Å². The summed E-state index contributed by atoms with van der Waals surface area (Å²) in [6, 6.07) is 15.3. The summed E-state index contributed by atoms with van der Waals surface area (Å²) in [5.41, 5.74) is 3.75. The van der Waals surface area contributed by atoms with Gasteiger partial charge in [0.05, 0.1) is 26.6 Å². The Bertz CT molecular complexity index is 1040. The molecule has 0 unspecified atom stereocenters. The SMILES string of the molecule is C=CC(=O)OCOC(=O)CCCCCOC(=O)Cc1ccccc1Cc1ccccc1CC(=O)OC. The molecule has 2 rings (SSSR count). The van der Waals surface area contributed by atoms with E-state index in [-0.39, 0.29) is 37.8 Å². The second-order valence-electron chi connectivity index (χ2n) is 7.98. The number of unbranched alkanes of at least 4 members (excludes halogenated alkanes) is 2. The third kappa shape index (κ3) is 10.5. The Labute approximate surface area is 211 Å². The Morgan fingerprint density at radius 2 is 1.31 bits per heavy atom. The van der Waals surface area contributed by atoms with Crippen LogP contribution in [0.2, 0.25) is 0 Å². The highest BCUT2D eigenvalue weighted by Gasteiger charge is 2.13. The van der Waals surface area contributed by atoms with E-state index in [9.17, 15) is 19.2 Å². The standard InChI is InChI=1S/C28H32O8/c1-3-25(29)35-20-36-26(30)15-5-4-10-16-34-28(32)19-24-14-9-7-12-22(24)17-21-11-6-8-13-23(21)18-27(31)33-2/h3,6-9,11-14H,1,4-5,10,15-20H2,2H3. The van der Waals surface area contributed by atoms with E-state index in [2.05, 4.69) is 11.3 Å². The lowest BCUT2D eigenvalue weighted by atomic mass is 9.94. The summed E-state index contributed by atoms with van der Waals surface area (Å²) in [5.74, 6) is -1.75. The molecule has 0 spiro atoms. The predicted molar refractivity (Wildman–Crippen MR) is 132 cm³/mol. The third-order valence-electron chi connectivity index (χ3n) is 5.39. The second kappa shape index (κ2) is 15.9. The maximum absolute atomic E-state index is 12.4. The van der Waals surface area contributed by atoms with Crippen LogP contribution in [0.5, 0.6) is 0 Å². The van der Waals surface area contributed by atoms with Crippen molar-refractivity contribution in [3.05, 3.63) is 83.4 Å². The number of hydrogen-bond acceptors (Lipinski definition) is 8. The van der Waals surface area contributed by atoms with Gasteiger partial charge in [0, 0.05) is 12.5 Å². The fraction of sp³-hybridized carbons (Fsp3) is 0.357. The summed E-state index contributed by atoms with van der Waals surface area (Å²) in [5, 5.41) is 0. The van der Waals surface area contributed by atoms with Crippen LogP contribution in [0.4, 0.5) is 0 Å². The molecule has 0 N–H and O–H groups in total. The van der Waals surface area contributed by atoms with Crippen LogP contribution >= 0.6 is 0 Å². The average molecular weight is 497 g/mol. The van der Waals surface area contributed by atoms with E-state index in [0.29, 0.717) is 25.7 Å². The molecule has 0 aliphatic heterocycles. The minimum Gasteiger partial charge on any atom is -0.469 e. The zero-order valence-electron chi connectivity index (χ0n) is 20.5. The van der Waals surface area contributed by atoms with Crippen LogP contribution in [0.3, 0.4) is 0 Å². The highest BCUT2D eigenvalue weighted by Crippen LogP contribution is 2.19. The van der Waals surface area contributed by atoms with Crippen LogP contribution < -0.4 is 0 Å². The fourth-order valence-corrected chi connectivity index (χ4v) is 3.46. The summed E-state index contributed by atoms with van der Waals surface area (Å²) < 4.78 is 19.5. The van der Waals surface area contributed by atoms with Gasteiger partial charge in [0.2, 0.25) is 6.79 Å². The Morgan fingerprint density at radius 1 is 0.722 bits per heavy atom. The van der Waals surface area contributed by atoms with E-state index in [4.69, 9.17) is 14.2 Å². The van der Waals surface area contributed by atoms with Crippen molar-refractivity contribution in [2.24, 2.45) is 0 Å². The molecular formula is C28H32O8. The molecule has 8 nitrogen and oxygen atoms in total. The Balaban J connectivity index is 1.75. The highest BCUT2D eigenvalue weighted by molar-refractivity contribution is 5.81. The lowest BCUT2D eigenvalue weighted by Crippen LogP contribution is -2.12. The summed E-state index contributed by atoms with van der Waals surface area (Å²) in [7, 11) is 1.37. The third-order valence-corrected chi connectivity index (χ3v) is 5.39. The molecule has 192 valence electrons. The van der Waals surface area contributed by atoms with Crippen LogP contribution in [0.1, 0.15) is 47.9 Å². The maximum atomic E-state index is 12.4. The van der Waals surface area contributed by atoms with Crippen molar-refractivity contribution in [3.63, 3.8) is 0 Å². The van der Waals surface area contributed by atoms with E-state index >= 15 is 0 Å². The molecule has 0 saturated carbocycles. The molecule has 8 heteroatoms. The molecule has 0 saturated heterocycles. The van der Waals surface area contributed by atoms with E-state index in [1.807, 2.05) is 48.5 Å². The predicted octanol–water partition coefficient (Wildman–Crippen LogP) is 3.87. The van der Waals surface area contributed by atoms with Gasteiger partial charge >= 0.3 is 23.9 Å². The van der Waals surface area contributed by atoms with Gasteiger partial charge in [0.1, 0.15) is 0 Å². The molecule has 0 radical (unpaired) electrons.